The molecule has 2 heterocycles. The Labute approximate surface area is 152 Å². The number of nitrogens with one attached hydrogen (secondary N) is 1. The van der Waals surface area contributed by atoms with E-state index < -0.39 is 0 Å². The quantitative estimate of drug-likeness (QED) is 0.725. The molecule has 2 aromatic carbocycles. The summed E-state index contributed by atoms with van der Waals surface area (Å²) in [6.45, 7) is 3.32. The van der Waals surface area contributed by atoms with Gasteiger partial charge in [0, 0.05) is 60.1 Å². The Balaban J connectivity index is 1.41. The lowest BCUT2D eigenvalue weighted by Gasteiger charge is -2.27. The van der Waals surface area contributed by atoms with Crippen molar-refractivity contribution in [3.05, 3.63) is 70.9 Å². The molecule has 4 nitrogen and oxygen atoms in total. The van der Waals surface area contributed by atoms with E-state index in [2.05, 4.69) is 17.1 Å². The Morgan fingerprint density at radius 2 is 1.81 bits per heavy atom. The van der Waals surface area contributed by atoms with E-state index in [9.17, 15) is 9.59 Å². The van der Waals surface area contributed by atoms with E-state index in [1.54, 1.807) is 0 Å². The SMILES string of the molecule is Cc1ccc(C(=O)CCC(=O)N2CCc3[nH]c4ccccc4c3C2)cc1. The Kier molecular flexibility index (Phi) is 4.33. The highest BCUT2D eigenvalue weighted by Gasteiger charge is 2.24. The molecule has 0 bridgehead atoms. The Bertz CT molecular complexity index is 969. The third-order valence-corrected chi connectivity index (χ3v) is 5.17. The van der Waals surface area contributed by atoms with Crippen molar-refractivity contribution < 1.29 is 9.59 Å². The van der Waals surface area contributed by atoms with Crippen LogP contribution in [0, 0.1) is 6.92 Å². The molecule has 1 N–H and O–H groups in total. The number of benzene rings is 2. The molecule has 1 aliphatic heterocycles. The number of para-hydroxylation sites is 1. The summed E-state index contributed by atoms with van der Waals surface area (Å²) in [5.41, 5.74) is 5.37. The van der Waals surface area contributed by atoms with Gasteiger partial charge in [-0.25, -0.2) is 0 Å². The lowest BCUT2D eigenvalue weighted by Crippen LogP contribution is -2.35. The van der Waals surface area contributed by atoms with E-state index in [0.717, 1.165) is 17.5 Å². The molecule has 4 heteroatoms. The van der Waals surface area contributed by atoms with Gasteiger partial charge in [-0.1, -0.05) is 48.0 Å². The summed E-state index contributed by atoms with van der Waals surface area (Å²) in [6, 6.07) is 15.7. The second-order valence-corrected chi connectivity index (χ2v) is 6.98. The van der Waals surface area contributed by atoms with E-state index in [0.29, 0.717) is 18.7 Å². The maximum Gasteiger partial charge on any atom is 0.223 e. The van der Waals surface area contributed by atoms with Crippen molar-refractivity contribution in [1.82, 2.24) is 9.88 Å². The number of carbonyl (C=O) groups excluding carboxylic acids is 2. The van der Waals surface area contributed by atoms with Crippen LogP contribution in [0.25, 0.3) is 10.9 Å². The maximum atomic E-state index is 12.6. The van der Waals surface area contributed by atoms with E-state index in [4.69, 9.17) is 0 Å². The van der Waals surface area contributed by atoms with Crippen LogP contribution in [-0.2, 0) is 17.8 Å². The molecule has 0 aliphatic carbocycles. The van der Waals surface area contributed by atoms with Crippen LogP contribution in [0.5, 0.6) is 0 Å². The zero-order valence-corrected chi connectivity index (χ0v) is 14.9. The number of nitrogens with zero attached hydrogens (tertiary/aromatic N) is 1. The first-order chi connectivity index (χ1) is 12.6. The van der Waals surface area contributed by atoms with E-state index >= 15 is 0 Å². The third-order valence-electron chi connectivity index (χ3n) is 5.17. The zero-order chi connectivity index (χ0) is 18.1. The number of fused-ring (bicyclic) bond motifs is 3. The number of amides is 1. The number of H-pyrrole nitrogens is 1. The molecule has 0 unspecified atom stereocenters. The molecule has 3 aromatic rings. The molecule has 0 fully saturated rings. The van der Waals surface area contributed by atoms with Crippen LogP contribution in [0.4, 0.5) is 0 Å². The lowest BCUT2D eigenvalue weighted by atomic mass is 10.0. The van der Waals surface area contributed by atoms with E-state index in [-0.39, 0.29) is 24.5 Å². The van der Waals surface area contributed by atoms with Crippen molar-refractivity contribution in [3.8, 4) is 0 Å². The van der Waals surface area contributed by atoms with Gasteiger partial charge < -0.3 is 9.88 Å². The third kappa shape index (κ3) is 3.15. The normalized spacial score (nSPS) is 13.7. The molecule has 0 spiro atoms. The molecule has 1 aromatic heterocycles. The van der Waals surface area contributed by atoms with Crippen molar-refractivity contribution in [2.24, 2.45) is 0 Å². The van der Waals surface area contributed by atoms with Gasteiger partial charge in [0.25, 0.3) is 0 Å². The monoisotopic (exact) mass is 346 g/mol. The molecule has 0 radical (unpaired) electrons. The molecule has 0 saturated heterocycles. The van der Waals surface area contributed by atoms with Gasteiger partial charge >= 0.3 is 0 Å². The summed E-state index contributed by atoms with van der Waals surface area (Å²) >= 11 is 0. The summed E-state index contributed by atoms with van der Waals surface area (Å²) in [4.78, 5) is 30.3. The highest BCUT2D eigenvalue weighted by molar-refractivity contribution is 5.98. The Morgan fingerprint density at radius 1 is 1.04 bits per heavy atom. The molecule has 26 heavy (non-hydrogen) atoms. The number of aromatic amines is 1. The Morgan fingerprint density at radius 3 is 2.62 bits per heavy atom. The summed E-state index contributed by atoms with van der Waals surface area (Å²) in [6.07, 6.45) is 1.37. The van der Waals surface area contributed by atoms with Crippen molar-refractivity contribution in [3.63, 3.8) is 0 Å². The number of aryl methyl sites for hydroxylation is 1. The van der Waals surface area contributed by atoms with Crippen LogP contribution >= 0.6 is 0 Å². The molecular weight excluding hydrogens is 324 g/mol. The minimum atomic E-state index is 0.0307. The van der Waals surface area contributed by atoms with Crippen molar-refractivity contribution >= 4 is 22.6 Å². The van der Waals surface area contributed by atoms with Gasteiger partial charge in [-0.3, -0.25) is 9.59 Å². The average Bonchev–Trinajstić information content (AvgIpc) is 3.04. The van der Waals surface area contributed by atoms with Crippen LogP contribution < -0.4 is 0 Å². The molecule has 0 atom stereocenters. The average molecular weight is 346 g/mol. The minimum absolute atomic E-state index is 0.0307. The van der Waals surface area contributed by atoms with Crippen LogP contribution in [0.2, 0.25) is 0 Å². The van der Waals surface area contributed by atoms with Gasteiger partial charge in [0.1, 0.15) is 0 Å². The number of hydrogen-bond donors (Lipinski definition) is 1. The summed E-state index contributed by atoms with van der Waals surface area (Å²) in [5.74, 6) is 0.0875. The maximum absolute atomic E-state index is 12.6. The highest BCUT2D eigenvalue weighted by atomic mass is 16.2. The first kappa shape index (κ1) is 16.6. The fourth-order valence-electron chi connectivity index (χ4n) is 3.64. The molecule has 1 amide bonds. The summed E-state index contributed by atoms with van der Waals surface area (Å²) in [7, 11) is 0. The lowest BCUT2D eigenvalue weighted by molar-refractivity contribution is -0.132. The van der Waals surface area contributed by atoms with Gasteiger partial charge in [0.05, 0.1) is 0 Å². The predicted octanol–water partition coefficient (Wildman–Crippen LogP) is 4.02. The number of rotatable bonds is 4. The fraction of sp³-hybridized carbons (Fsp3) is 0.273. The number of Topliss-reactive ketones (excluding diaryl/α,β-unsaturated/α-hetero) is 1. The smallest absolute Gasteiger partial charge is 0.223 e. The van der Waals surface area contributed by atoms with Crippen molar-refractivity contribution in [1.29, 1.82) is 0 Å². The van der Waals surface area contributed by atoms with Gasteiger partial charge in [-0.05, 0) is 13.0 Å². The first-order valence-electron chi connectivity index (χ1n) is 9.08. The van der Waals surface area contributed by atoms with Crippen LogP contribution in [0.15, 0.2) is 48.5 Å². The minimum Gasteiger partial charge on any atom is -0.358 e. The van der Waals surface area contributed by atoms with Crippen molar-refractivity contribution in [2.75, 3.05) is 6.54 Å². The van der Waals surface area contributed by atoms with E-state index in [1.807, 2.05) is 48.2 Å². The number of aromatic nitrogens is 1. The molecule has 4 rings (SSSR count). The number of carbonyl (C=O) groups is 2. The second-order valence-electron chi connectivity index (χ2n) is 6.98. The Hall–Kier alpha value is -2.88. The topological polar surface area (TPSA) is 53.2 Å². The summed E-state index contributed by atoms with van der Waals surface area (Å²) in [5, 5.41) is 1.19. The van der Waals surface area contributed by atoms with Crippen molar-refractivity contribution in [2.45, 2.75) is 32.7 Å². The number of hydrogen-bond acceptors (Lipinski definition) is 2. The second kappa shape index (κ2) is 6.79. The molecule has 1 aliphatic rings. The zero-order valence-electron chi connectivity index (χ0n) is 14.9. The highest BCUT2D eigenvalue weighted by Crippen LogP contribution is 2.28. The van der Waals surface area contributed by atoms with Gasteiger partial charge in [0.2, 0.25) is 5.91 Å². The molecule has 0 saturated carbocycles. The van der Waals surface area contributed by atoms with E-state index in [1.165, 1.54) is 16.6 Å². The van der Waals surface area contributed by atoms with Crippen LogP contribution in [0.1, 0.15) is 40.0 Å². The summed E-state index contributed by atoms with van der Waals surface area (Å²) < 4.78 is 0. The number of ketones is 1. The fourth-order valence-corrected chi connectivity index (χ4v) is 3.64. The van der Waals surface area contributed by atoms with Crippen LogP contribution in [-0.4, -0.2) is 28.1 Å². The standard InChI is InChI=1S/C22H22N2O2/c1-15-6-8-16(9-7-15)21(25)10-11-22(26)24-13-12-20-18(14-24)17-4-2-3-5-19(17)23-20/h2-9,23H,10-14H2,1H3. The predicted molar refractivity (Wildman–Crippen MR) is 102 cm³/mol. The first-order valence-corrected chi connectivity index (χ1v) is 9.08. The van der Waals surface area contributed by atoms with Gasteiger partial charge in [-0.2, -0.15) is 0 Å². The van der Waals surface area contributed by atoms with Crippen LogP contribution in [0.3, 0.4) is 0 Å². The largest absolute Gasteiger partial charge is 0.358 e. The van der Waals surface area contributed by atoms with Gasteiger partial charge in [0.15, 0.2) is 5.78 Å². The molecular formula is C22H22N2O2. The van der Waals surface area contributed by atoms with Gasteiger partial charge in [-0.15, -0.1) is 0 Å². The molecule has 132 valence electrons.